The number of piperidine rings is 1. The molecule has 24 heavy (non-hydrogen) atoms. The second kappa shape index (κ2) is 7.32. The number of rotatable bonds is 4. The molecule has 2 aliphatic heterocycles. The Morgan fingerprint density at radius 1 is 1.00 bits per heavy atom. The average molecular weight is 332 g/mol. The third kappa shape index (κ3) is 3.77. The van der Waals surface area contributed by atoms with E-state index in [0.29, 0.717) is 38.9 Å². The van der Waals surface area contributed by atoms with Gasteiger partial charge < -0.3 is 9.80 Å². The molecular weight excluding hydrogens is 307 g/mol. The van der Waals surface area contributed by atoms with Crippen LogP contribution in [0.25, 0.3) is 0 Å². The molecule has 2 saturated heterocycles. The molecule has 0 aliphatic carbocycles. The fraction of sp³-hybridized carbons (Fsp3) is 0.579. The summed E-state index contributed by atoms with van der Waals surface area (Å²) in [7, 11) is 0. The summed E-state index contributed by atoms with van der Waals surface area (Å²) in [6, 6.07) is 9.81. The monoisotopic (exact) mass is 332 g/mol. The third-order valence-corrected chi connectivity index (χ3v) is 5.04. The zero-order valence-corrected chi connectivity index (χ0v) is 14.0. The van der Waals surface area contributed by atoms with Gasteiger partial charge in [-0.2, -0.15) is 0 Å². The Bertz CT molecular complexity index is 586. The van der Waals surface area contributed by atoms with Gasteiger partial charge in [0.15, 0.2) is 0 Å². The number of carbonyl (C=O) groups is 2. The number of likely N-dealkylation sites (tertiary alicyclic amines) is 2. The summed E-state index contributed by atoms with van der Waals surface area (Å²) in [4.78, 5) is 28.1. The van der Waals surface area contributed by atoms with Gasteiger partial charge in [-0.25, -0.2) is 4.39 Å². The molecule has 1 aromatic carbocycles. The van der Waals surface area contributed by atoms with E-state index in [1.54, 1.807) is 9.80 Å². The van der Waals surface area contributed by atoms with Crippen LogP contribution in [0.4, 0.5) is 4.39 Å². The molecule has 0 saturated carbocycles. The maximum absolute atomic E-state index is 15.2. The van der Waals surface area contributed by atoms with Crippen LogP contribution in [0, 0.1) is 0 Å². The van der Waals surface area contributed by atoms with Crippen molar-refractivity contribution in [3.05, 3.63) is 35.9 Å². The second-order valence-corrected chi connectivity index (χ2v) is 6.87. The van der Waals surface area contributed by atoms with E-state index in [9.17, 15) is 9.59 Å². The standard InChI is InChI=1S/C19H25FN2O2/c20-19(18(24)21-12-4-5-13-21)11-6-14-22(15-19)17(23)10-9-16-7-2-1-3-8-16/h1-3,7-8H,4-6,9-15H2. The van der Waals surface area contributed by atoms with Gasteiger partial charge in [-0.3, -0.25) is 9.59 Å². The number of carbonyl (C=O) groups excluding carboxylic acids is 2. The molecule has 0 spiro atoms. The fourth-order valence-electron chi connectivity index (χ4n) is 3.66. The number of aryl methyl sites for hydroxylation is 1. The van der Waals surface area contributed by atoms with Crippen molar-refractivity contribution in [1.29, 1.82) is 0 Å². The van der Waals surface area contributed by atoms with Crippen LogP contribution in [0.1, 0.15) is 37.7 Å². The first-order valence-electron chi connectivity index (χ1n) is 8.88. The molecule has 4 nitrogen and oxygen atoms in total. The van der Waals surface area contributed by atoms with Crippen LogP contribution in [0.3, 0.4) is 0 Å². The normalized spacial score (nSPS) is 24.2. The molecule has 5 heteroatoms. The highest BCUT2D eigenvalue weighted by Gasteiger charge is 2.46. The average Bonchev–Trinajstić information content (AvgIpc) is 3.14. The molecule has 3 rings (SSSR count). The van der Waals surface area contributed by atoms with Gasteiger partial charge >= 0.3 is 0 Å². The van der Waals surface area contributed by atoms with Crippen molar-refractivity contribution < 1.29 is 14.0 Å². The summed E-state index contributed by atoms with van der Waals surface area (Å²) in [6.45, 7) is 1.75. The second-order valence-electron chi connectivity index (χ2n) is 6.87. The number of hydrogen-bond acceptors (Lipinski definition) is 2. The molecule has 0 aromatic heterocycles. The molecule has 2 heterocycles. The number of hydrogen-bond donors (Lipinski definition) is 0. The predicted molar refractivity (Wildman–Crippen MR) is 90.2 cm³/mol. The van der Waals surface area contributed by atoms with Gasteiger partial charge in [0.1, 0.15) is 0 Å². The van der Waals surface area contributed by atoms with E-state index >= 15 is 4.39 Å². The van der Waals surface area contributed by atoms with Gasteiger partial charge in [-0.1, -0.05) is 30.3 Å². The summed E-state index contributed by atoms with van der Waals surface area (Å²) in [5.41, 5.74) is -0.798. The molecule has 2 aliphatic rings. The van der Waals surface area contributed by atoms with Crippen molar-refractivity contribution in [3.8, 4) is 0 Å². The molecule has 2 fully saturated rings. The summed E-state index contributed by atoms with van der Waals surface area (Å²) in [5.74, 6) is -0.477. The SMILES string of the molecule is O=C(CCc1ccccc1)N1CCCC(F)(C(=O)N2CCCC2)C1. The van der Waals surface area contributed by atoms with Gasteiger partial charge in [0, 0.05) is 26.1 Å². The number of benzene rings is 1. The lowest BCUT2D eigenvalue weighted by molar-refractivity contribution is -0.150. The van der Waals surface area contributed by atoms with Crippen LogP contribution < -0.4 is 0 Å². The molecular formula is C19H25FN2O2. The first-order valence-corrected chi connectivity index (χ1v) is 8.88. The van der Waals surface area contributed by atoms with Crippen molar-refractivity contribution in [1.82, 2.24) is 9.80 Å². The van der Waals surface area contributed by atoms with E-state index in [2.05, 4.69) is 0 Å². The zero-order valence-electron chi connectivity index (χ0n) is 14.0. The Morgan fingerprint density at radius 3 is 2.38 bits per heavy atom. The summed E-state index contributed by atoms with van der Waals surface area (Å²) in [5, 5.41) is 0. The van der Waals surface area contributed by atoms with Crippen LogP contribution in [0.5, 0.6) is 0 Å². The van der Waals surface area contributed by atoms with Crippen molar-refractivity contribution >= 4 is 11.8 Å². The lowest BCUT2D eigenvalue weighted by Crippen LogP contribution is -2.56. The Hall–Kier alpha value is -1.91. The van der Waals surface area contributed by atoms with Crippen LogP contribution in [-0.4, -0.2) is 53.5 Å². The lowest BCUT2D eigenvalue weighted by atomic mass is 9.92. The molecule has 1 unspecified atom stereocenters. The van der Waals surface area contributed by atoms with Crippen molar-refractivity contribution in [2.24, 2.45) is 0 Å². The van der Waals surface area contributed by atoms with Gasteiger partial charge in [-0.05, 0) is 37.7 Å². The van der Waals surface area contributed by atoms with E-state index in [0.717, 1.165) is 18.4 Å². The molecule has 2 amide bonds. The molecule has 1 aromatic rings. The van der Waals surface area contributed by atoms with Crippen molar-refractivity contribution in [2.45, 2.75) is 44.2 Å². The van der Waals surface area contributed by atoms with Crippen LogP contribution >= 0.6 is 0 Å². The minimum atomic E-state index is -1.90. The molecule has 0 radical (unpaired) electrons. The van der Waals surface area contributed by atoms with Gasteiger partial charge in [-0.15, -0.1) is 0 Å². The Labute approximate surface area is 142 Å². The largest absolute Gasteiger partial charge is 0.340 e. The highest BCUT2D eigenvalue weighted by Crippen LogP contribution is 2.29. The lowest BCUT2D eigenvalue weighted by Gasteiger charge is -2.38. The Kier molecular flexibility index (Phi) is 5.17. The summed E-state index contributed by atoms with van der Waals surface area (Å²) in [6.07, 6.45) is 3.68. The van der Waals surface area contributed by atoms with Gasteiger partial charge in [0.25, 0.3) is 5.91 Å². The van der Waals surface area contributed by atoms with Crippen molar-refractivity contribution in [3.63, 3.8) is 0 Å². The minimum absolute atomic E-state index is 0.0604. The maximum Gasteiger partial charge on any atom is 0.262 e. The van der Waals surface area contributed by atoms with Crippen LogP contribution in [0.15, 0.2) is 30.3 Å². The predicted octanol–water partition coefficient (Wildman–Crippen LogP) is 2.57. The van der Waals surface area contributed by atoms with Gasteiger partial charge in [0.05, 0.1) is 6.54 Å². The fourth-order valence-corrected chi connectivity index (χ4v) is 3.66. The minimum Gasteiger partial charge on any atom is -0.340 e. The van der Waals surface area contributed by atoms with E-state index in [-0.39, 0.29) is 18.9 Å². The maximum atomic E-state index is 15.2. The quantitative estimate of drug-likeness (QED) is 0.850. The molecule has 0 bridgehead atoms. The van der Waals surface area contributed by atoms with E-state index < -0.39 is 11.6 Å². The smallest absolute Gasteiger partial charge is 0.262 e. The first kappa shape index (κ1) is 16.9. The molecule has 130 valence electrons. The van der Waals surface area contributed by atoms with Crippen LogP contribution in [0.2, 0.25) is 0 Å². The van der Waals surface area contributed by atoms with Gasteiger partial charge in [0.2, 0.25) is 11.6 Å². The summed E-state index contributed by atoms with van der Waals surface area (Å²) < 4.78 is 15.2. The van der Waals surface area contributed by atoms with Crippen LogP contribution in [-0.2, 0) is 16.0 Å². The molecule has 1 atom stereocenters. The highest BCUT2D eigenvalue weighted by molar-refractivity contribution is 5.87. The number of alkyl halides is 1. The third-order valence-electron chi connectivity index (χ3n) is 5.04. The highest BCUT2D eigenvalue weighted by atomic mass is 19.1. The zero-order chi connectivity index (χ0) is 17.0. The van der Waals surface area contributed by atoms with E-state index in [1.807, 2.05) is 30.3 Å². The van der Waals surface area contributed by atoms with Crippen molar-refractivity contribution in [2.75, 3.05) is 26.2 Å². The number of halogens is 1. The molecule has 0 N–H and O–H groups in total. The number of nitrogens with zero attached hydrogens (tertiary/aromatic N) is 2. The Morgan fingerprint density at radius 2 is 1.67 bits per heavy atom. The van der Waals surface area contributed by atoms with E-state index in [4.69, 9.17) is 0 Å². The van der Waals surface area contributed by atoms with E-state index in [1.165, 1.54) is 0 Å². The first-order chi connectivity index (χ1) is 11.6. The topological polar surface area (TPSA) is 40.6 Å². The summed E-state index contributed by atoms with van der Waals surface area (Å²) >= 11 is 0. The Balaban J connectivity index is 1.57. The number of amides is 2.